The summed E-state index contributed by atoms with van der Waals surface area (Å²) >= 11 is 0. The van der Waals surface area contributed by atoms with Crippen molar-refractivity contribution in [2.24, 2.45) is 5.92 Å². The normalized spacial score (nSPS) is 12.2. The Kier molecular flexibility index (Phi) is 4.69. The Balaban J connectivity index is 2.30. The van der Waals surface area contributed by atoms with Crippen LogP contribution in [0.2, 0.25) is 0 Å². The second-order valence-electron chi connectivity index (χ2n) is 5.60. The van der Waals surface area contributed by atoms with Gasteiger partial charge in [-0.2, -0.15) is 0 Å². The molecule has 0 bridgehead atoms. The van der Waals surface area contributed by atoms with Crippen LogP contribution in [-0.2, 0) is 4.79 Å². The zero-order valence-corrected chi connectivity index (χ0v) is 12.7. The van der Waals surface area contributed by atoms with E-state index < -0.39 is 0 Å². The fourth-order valence-corrected chi connectivity index (χ4v) is 2.37. The monoisotopic (exact) mass is 280 g/mol. The van der Waals surface area contributed by atoms with Gasteiger partial charge in [0.05, 0.1) is 0 Å². The first-order valence-electron chi connectivity index (χ1n) is 7.24. The number of hydrogen-bond acceptors (Lipinski definition) is 2. The van der Waals surface area contributed by atoms with Gasteiger partial charge in [0.2, 0.25) is 0 Å². The van der Waals surface area contributed by atoms with Crippen molar-refractivity contribution >= 4 is 11.6 Å². The lowest BCUT2D eigenvalue weighted by Gasteiger charge is -2.14. The standard InChI is InChI=1S/C19H20O2/c1-13(2)18(20)14(3)16-10-7-11-17(12-16)19(21)15-8-5-4-6-9-15/h4-14H,1-3H3. The van der Waals surface area contributed by atoms with Gasteiger partial charge in [-0.1, -0.05) is 69.3 Å². The molecule has 1 unspecified atom stereocenters. The predicted molar refractivity (Wildman–Crippen MR) is 84.6 cm³/mol. The van der Waals surface area contributed by atoms with Gasteiger partial charge in [-0.3, -0.25) is 9.59 Å². The summed E-state index contributed by atoms with van der Waals surface area (Å²) in [4.78, 5) is 24.5. The fraction of sp³-hybridized carbons (Fsp3) is 0.263. The van der Waals surface area contributed by atoms with E-state index in [-0.39, 0.29) is 23.4 Å². The van der Waals surface area contributed by atoms with Gasteiger partial charge in [0.15, 0.2) is 5.78 Å². The molecule has 0 heterocycles. The van der Waals surface area contributed by atoms with Crippen molar-refractivity contribution in [1.29, 1.82) is 0 Å². The minimum absolute atomic E-state index is 0.00604. The molecule has 2 aromatic rings. The van der Waals surface area contributed by atoms with Crippen LogP contribution in [0.4, 0.5) is 0 Å². The van der Waals surface area contributed by atoms with Crippen molar-refractivity contribution < 1.29 is 9.59 Å². The molecule has 0 saturated heterocycles. The Morgan fingerprint density at radius 3 is 2.05 bits per heavy atom. The molecule has 108 valence electrons. The fourth-order valence-electron chi connectivity index (χ4n) is 2.37. The number of carbonyl (C=O) groups is 2. The molecule has 0 N–H and O–H groups in total. The quantitative estimate of drug-likeness (QED) is 0.767. The number of rotatable bonds is 5. The van der Waals surface area contributed by atoms with E-state index in [1.165, 1.54) is 0 Å². The van der Waals surface area contributed by atoms with E-state index in [0.29, 0.717) is 11.1 Å². The van der Waals surface area contributed by atoms with Crippen LogP contribution in [0.25, 0.3) is 0 Å². The second-order valence-corrected chi connectivity index (χ2v) is 5.60. The molecule has 0 aliphatic carbocycles. The number of hydrogen-bond donors (Lipinski definition) is 0. The molecule has 0 radical (unpaired) electrons. The van der Waals surface area contributed by atoms with E-state index in [2.05, 4.69) is 0 Å². The average Bonchev–Trinajstić information content (AvgIpc) is 2.53. The molecule has 2 aromatic carbocycles. The Bertz CT molecular complexity index is 642. The Hall–Kier alpha value is -2.22. The minimum Gasteiger partial charge on any atom is -0.299 e. The van der Waals surface area contributed by atoms with Gasteiger partial charge in [-0.05, 0) is 11.6 Å². The van der Waals surface area contributed by atoms with Gasteiger partial charge >= 0.3 is 0 Å². The van der Waals surface area contributed by atoms with Crippen molar-refractivity contribution in [1.82, 2.24) is 0 Å². The van der Waals surface area contributed by atoms with Crippen LogP contribution >= 0.6 is 0 Å². The van der Waals surface area contributed by atoms with Crippen LogP contribution in [0.3, 0.4) is 0 Å². The van der Waals surface area contributed by atoms with Crippen LogP contribution in [-0.4, -0.2) is 11.6 Å². The molecule has 21 heavy (non-hydrogen) atoms. The highest BCUT2D eigenvalue weighted by Crippen LogP contribution is 2.22. The zero-order chi connectivity index (χ0) is 15.4. The lowest BCUT2D eigenvalue weighted by atomic mass is 9.89. The number of carbonyl (C=O) groups excluding carboxylic acids is 2. The van der Waals surface area contributed by atoms with Crippen molar-refractivity contribution in [2.75, 3.05) is 0 Å². The Labute approximate surface area is 125 Å². The number of Topliss-reactive ketones (excluding diaryl/α,β-unsaturated/α-hetero) is 1. The SMILES string of the molecule is CC(C)C(=O)C(C)c1cccc(C(=O)c2ccccc2)c1. The molecule has 2 rings (SSSR count). The topological polar surface area (TPSA) is 34.1 Å². The smallest absolute Gasteiger partial charge is 0.193 e. The maximum Gasteiger partial charge on any atom is 0.193 e. The summed E-state index contributed by atoms with van der Waals surface area (Å²) in [5, 5.41) is 0. The molecular weight excluding hydrogens is 260 g/mol. The number of ketones is 2. The second kappa shape index (κ2) is 6.49. The maximum absolute atomic E-state index is 12.4. The van der Waals surface area contributed by atoms with Crippen LogP contribution < -0.4 is 0 Å². The largest absolute Gasteiger partial charge is 0.299 e. The lowest BCUT2D eigenvalue weighted by Crippen LogP contribution is -2.15. The third kappa shape index (κ3) is 3.46. The summed E-state index contributed by atoms with van der Waals surface area (Å²) in [5.74, 6) is -0.0111. The van der Waals surface area contributed by atoms with Gasteiger partial charge in [-0.25, -0.2) is 0 Å². The summed E-state index contributed by atoms with van der Waals surface area (Å²) < 4.78 is 0. The van der Waals surface area contributed by atoms with Crippen molar-refractivity contribution in [3.05, 3.63) is 71.3 Å². The van der Waals surface area contributed by atoms with Gasteiger partial charge in [0.1, 0.15) is 5.78 Å². The average molecular weight is 280 g/mol. The van der Waals surface area contributed by atoms with E-state index in [9.17, 15) is 9.59 Å². The van der Waals surface area contributed by atoms with Crippen molar-refractivity contribution in [2.45, 2.75) is 26.7 Å². The molecule has 0 spiro atoms. The third-order valence-electron chi connectivity index (χ3n) is 3.68. The Morgan fingerprint density at radius 1 is 0.810 bits per heavy atom. The zero-order valence-electron chi connectivity index (χ0n) is 12.7. The molecule has 0 aliphatic heterocycles. The highest BCUT2D eigenvalue weighted by molar-refractivity contribution is 6.09. The molecule has 0 amide bonds. The van der Waals surface area contributed by atoms with Crippen LogP contribution in [0.15, 0.2) is 54.6 Å². The van der Waals surface area contributed by atoms with Crippen molar-refractivity contribution in [3.63, 3.8) is 0 Å². The van der Waals surface area contributed by atoms with Gasteiger partial charge in [0.25, 0.3) is 0 Å². The lowest BCUT2D eigenvalue weighted by molar-refractivity contribution is -0.123. The third-order valence-corrected chi connectivity index (χ3v) is 3.68. The van der Waals surface area contributed by atoms with Crippen LogP contribution in [0, 0.1) is 5.92 Å². The number of benzene rings is 2. The van der Waals surface area contributed by atoms with Crippen molar-refractivity contribution in [3.8, 4) is 0 Å². The highest BCUT2D eigenvalue weighted by atomic mass is 16.1. The molecule has 0 aliphatic rings. The van der Waals surface area contributed by atoms with Gasteiger partial charge in [-0.15, -0.1) is 0 Å². The summed E-state index contributed by atoms with van der Waals surface area (Å²) in [6, 6.07) is 16.6. The van der Waals surface area contributed by atoms with E-state index >= 15 is 0 Å². The van der Waals surface area contributed by atoms with E-state index in [1.54, 1.807) is 18.2 Å². The first-order valence-corrected chi connectivity index (χ1v) is 7.24. The van der Waals surface area contributed by atoms with E-state index in [4.69, 9.17) is 0 Å². The predicted octanol–water partition coefficient (Wildman–Crippen LogP) is 4.25. The molecule has 0 aromatic heterocycles. The first-order chi connectivity index (χ1) is 10.0. The Morgan fingerprint density at radius 2 is 1.43 bits per heavy atom. The van der Waals surface area contributed by atoms with Crippen LogP contribution in [0.5, 0.6) is 0 Å². The molecular formula is C19H20O2. The summed E-state index contributed by atoms with van der Waals surface area (Å²) in [7, 11) is 0. The summed E-state index contributed by atoms with van der Waals surface area (Å²) in [6.07, 6.45) is 0. The highest BCUT2D eigenvalue weighted by Gasteiger charge is 2.19. The molecule has 2 nitrogen and oxygen atoms in total. The van der Waals surface area contributed by atoms with Gasteiger partial charge in [0, 0.05) is 23.0 Å². The molecule has 0 fully saturated rings. The summed E-state index contributed by atoms with van der Waals surface area (Å²) in [5.41, 5.74) is 2.19. The van der Waals surface area contributed by atoms with Crippen LogP contribution in [0.1, 0.15) is 48.2 Å². The van der Waals surface area contributed by atoms with E-state index in [1.807, 2.05) is 57.2 Å². The maximum atomic E-state index is 12.4. The van der Waals surface area contributed by atoms with E-state index in [0.717, 1.165) is 5.56 Å². The first kappa shape index (κ1) is 15.2. The molecule has 0 saturated carbocycles. The van der Waals surface area contributed by atoms with Gasteiger partial charge < -0.3 is 0 Å². The molecule has 2 heteroatoms. The summed E-state index contributed by atoms with van der Waals surface area (Å²) in [6.45, 7) is 5.70. The minimum atomic E-state index is -0.187. The molecule has 1 atom stereocenters.